The maximum Gasteiger partial charge on any atom is 0.244 e. The number of aromatic nitrogens is 1. The van der Waals surface area contributed by atoms with Crippen molar-refractivity contribution in [2.24, 2.45) is 7.05 Å². The fourth-order valence-electron chi connectivity index (χ4n) is 2.00. The minimum atomic E-state index is -3.44. The molecule has 0 aliphatic heterocycles. The minimum absolute atomic E-state index is 0.341. The second kappa shape index (κ2) is 7.61. The van der Waals surface area contributed by atoms with E-state index in [0.29, 0.717) is 24.5 Å². The number of hydrogen-bond donors (Lipinski definition) is 1. The lowest BCUT2D eigenvalue weighted by atomic mass is 10.4. The van der Waals surface area contributed by atoms with E-state index >= 15 is 0 Å². The quantitative estimate of drug-likeness (QED) is 0.706. The van der Waals surface area contributed by atoms with Crippen LogP contribution in [0.15, 0.2) is 29.8 Å². The van der Waals surface area contributed by atoms with E-state index in [1.165, 1.54) is 4.31 Å². The number of aryl methyl sites for hydroxylation is 1. The molecule has 0 fully saturated rings. The van der Waals surface area contributed by atoms with Gasteiger partial charge in [0.25, 0.3) is 0 Å². The summed E-state index contributed by atoms with van der Waals surface area (Å²) in [6.45, 7) is 9.98. The van der Waals surface area contributed by atoms with Crippen LogP contribution in [0.5, 0.6) is 0 Å². The summed E-state index contributed by atoms with van der Waals surface area (Å²) in [4.78, 5) is 0.350. The third kappa shape index (κ3) is 3.94. The summed E-state index contributed by atoms with van der Waals surface area (Å²) in [5, 5.41) is 3.20. The number of rotatable bonds is 9. The van der Waals surface area contributed by atoms with Gasteiger partial charge in [-0.25, -0.2) is 8.42 Å². The first-order chi connectivity index (χ1) is 9.47. The van der Waals surface area contributed by atoms with Crippen LogP contribution in [-0.4, -0.2) is 36.9 Å². The molecule has 1 N–H and O–H groups in total. The minimum Gasteiger partial charge on any atom is -0.352 e. The van der Waals surface area contributed by atoms with Crippen LogP contribution in [0.4, 0.5) is 0 Å². The van der Waals surface area contributed by atoms with E-state index in [1.54, 1.807) is 18.3 Å². The Morgan fingerprint density at radius 2 is 2.15 bits per heavy atom. The molecule has 0 radical (unpaired) electrons. The second-order valence-corrected chi connectivity index (χ2v) is 6.65. The Kier molecular flexibility index (Phi) is 6.45. The molecule has 0 saturated carbocycles. The summed E-state index contributed by atoms with van der Waals surface area (Å²) in [6.07, 6.45) is 4.08. The summed E-state index contributed by atoms with van der Waals surface area (Å²) in [7, 11) is -1.57. The molecular formula is C14H25N3O2S. The molecule has 1 aromatic heterocycles. The molecule has 0 aromatic carbocycles. The highest BCUT2D eigenvalue weighted by atomic mass is 32.2. The van der Waals surface area contributed by atoms with Gasteiger partial charge in [-0.05, 0) is 19.0 Å². The van der Waals surface area contributed by atoms with Gasteiger partial charge in [-0.2, -0.15) is 4.31 Å². The summed E-state index contributed by atoms with van der Waals surface area (Å²) in [6, 6.07) is 1.74. The summed E-state index contributed by atoms with van der Waals surface area (Å²) in [5.74, 6) is 0. The van der Waals surface area contributed by atoms with E-state index in [9.17, 15) is 8.42 Å². The lowest BCUT2D eigenvalue weighted by molar-refractivity contribution is 0.441. The van der Waals surface area contributed by atoms with Crippen LogP contribution < -0.4 is 5.32 Å². The van der Waals surface area contributed by atoms with E-state index in [2.05, 4.69) is 11.9 Å². The van der Waals surface area contributed by atoms with Gasteiger partial charge in [-0.3, -0.25) is 0 Å². The Hall–Kier alpha value is -1.11. The Labute approximate surface area is 122 Å². The normalized spacial score (nSPS) is 12.0. The van der Waals surface area contributed by atoms with Crippen molar-refractivity contribution in [1.82, 2.24) is 14.2 Å². The van der Waals surface area contributed by atoms with Crippen LogP contribution in [-0.2, 0) is 23.6 Å². The highest BCUT2D eigenvalue weighted by Crippen LogP contribution is 2.19. The molecule has 1 rings (SSSR count). The van der Waals surface area contributed by atoms with E-state index in [1.807, 2.05) is 25.5 Å². The zero-order valence-corrected chi connectivity index (χ0v) is 13.4. The maximum absolute atomic E-state index is 12.6. The molecule has 0 atom stereocenters. The van der Waals surface area contributed by atoms with Crippen molar-refractivity contribution >= 4 is 10.0 Å². The summed E-state index contributed by atoms with van der Waals surface area (Å²) >= 11 is 0. The molecule has 114 valence electrons. The van der Waals surface area contributed by atoms with Gasteiger partial charge in [0.05, 0.1) is 0 Å². The lowest BCUT2D eigenvalue weighted by Crippen LogP contribution is -2.31. The lowest BCUT2D eigenvalue weighted by Gasteiger charge is -2.18. The SMILES string of the molecule is C=CCN(CCC)S(=O)(=O)c1cc(CNCC)n(C)c1. The first kappa shape index (κ1) is 16.9. The van der Waals surface area contributed by atoms with Crippen LogP contribution in [0.1, 0.15) is 26.0 Å². The van der Waals surface area contributed by atoms with Crippen molar-refractivity contribution in [1.29, 1.82) is 0 Å². The third-order valence-corrected chi connectivity index (χ3v) is 4.91. The van der Waals surface area contributed by atoms with Crippen molar-refractivity contribution in [2.45, 2.75) is 31.7 Å². The summed E-state index contributed by atoms with van der Waals surface area (Å²) < 4.78 is 28.5. The average molecular weight is 299 g/mol. The first-order valence-electron chi connectivity index (χ1n) is 6.94. The second-order valence-electron chi connectivity index (χ2n) is 4.71. The van der Waals surface area contributed by atoms with Gasteiger partial charge in [-0.15, -0.1) is 6.58 Å². The van der Waals surface area contributed by atoms with Crippen molar-refractivity contribution in [3.05, 3.63) is 30.6 Å². The Bertz CT molecular complexity index is 535. The van der Waals surface area contributed by atoms with Crippen LogP contribution >= 0.6 is 0 Å². The van der Waals surface area contributed by atoms with Crippen LogP contribution in [0, 0.1) is 0 Å². The van der Waals surface area contributed by atoms with Gasteiger partial charge in [0.1, 0.15) is 4.90 Å². The topological polar surface area (TPSA) is 54.3 Å². The first-order valence-corrected chi connectivity index (χ1v) is 8.38. The molecule has 1 heterocycles. The van der Waals surface area contributed by atoms with Crippen LogP contribution in [0.25, 0.3) is 0 Å². The molecule has 1 aromatic rings. The molecule has 5 nitrogen and oxygen atoms in total. The summed E-state index contributed by atoms with van der Waals surface area (Å²) in [5.41, 5.74) is 0.959. The van der Waals surface area contributed by atoms with E-state index in [-0.39, 0.29) is 0 Å². The molecular weight excluding hydrogens is 274 g/mol. The largest absolute Gasteiger partial charge is 0.352 e. The van der Waals surface area contributed by atoms with Gasteiger partial charge in [0.2, 0.25) is 10.0 Å². The molecule has 0 amide bonds. The Balaban J connectivity index is 3.04. The number of nitrogens with zero attached hydrogens (tertiary/aromatic N) is 2. The fourth-order valence-corrected chi connectivity index (χ4v) is 3.60. The Morgan fingerprint density at radius 3 is 2.70 bits per heavy atom. The van der Waals surface area contributed by atoms with Gasteiger partial charge in [-0.1, -0.05) is 19.9 Å². The standard InChI is InChI=1S/C14H25N3O2S/c1-5-8-17(9-6-2)20(18,19)14-10-13(11-15-7-3)16(4)12-14/h5,10,12,15H,1,6-9,11H2,2-4H3. The molecule has 0 aliphatic rings. The number of hydrogen-bond acceptors (Lipinski definition) is 3. The van der Waals surface area contributed by atoms with Gasteiger partial charge >= 0.3 is 0 Å². The fraction of sp³-hybridized carbons (Fsp3) is 0.571. The van der Waals surface area contributed by atoms with Crippen molar-refractivity contribution in [2.75, 3.05) is 19.6 Å². The molecule has 0 saturated heterocycles. The molecule has 0 aliphatic carbocycles. The number of sulfonamides is 1. The van der Waals surface area contributed by atoms with Crippen LogP contribution in [0.3, 0.4) is 0 Å². The van der Waals surface area contributed by atoms with Crippen molar-refractivity contribution < 1.29 is 8.42 Å². The van der Waals surface area contributed by atoms with Gasteiger partial charge < -0.3 is 9.88 Å². The highest BCUT2D eigenvalue weighted by Gasteiger charge is 2.24. The van der Waals surface area contributed by atoms with E-state index in [0.717, 1.165) is 18.7 Å². The predicted molar refractivity (Wildman–Crippen MR) is 82.0 cm³/mol. The molecule has 20 heavy (non-hydrogen) atoms. The van der Waals surface area contributed by atoms with Gasteiger partial charge in [0.15, 0.2) is 0 Å². The average Bonchev–Trinajstić information content (AvgIpc) is 2.78. The third-order valence-electron chi connectivity index (χ3n) is 3.08. The van der Waals surface area contributed by atoms with Crippen molar-refractivity contribution in [3.8, 4) is 0 Å². The zero-order valence-electron chi connectivity index (χ0n) is 12.6. The molecule has 6 heteroatoms. The van der Waals surface area contributed by atoms with Crippen LogP contribution in [0.2, 0.25) is 0 Å². The molecule has 0 spiro atoms. The maximum atomic E-state index is 12.6. The van der Waals surface area contributed by atoms with E-state index < -0.39 is 10.0 Å². The number of nitrogens with one attached hydrogen (secondary N) is 1. The molecule has 0 bridgehead atoms. The smallest absolute Gasteiger partial charge is 0.244 e. The zero-order chi connectivity index (χ0) is 15.2. The highest BCUT2D eigenvalue weighted by molar-refractivity contribution is 7.89. The van der Waals surface area contributed by atoms with Gasteiger partial charge in [0, 0.05) is 38.6 Å². The molecule has 0 unspecified atom stereocenters. The van der Waals surface area contributed by atoms with E-state index in [4.69, 9.17) is 0 Å². The van der Waals surface area contributed by atoms with Crippen molar-refractivity contribution in [3.63, 3.8) is 0 Å². The Morgan fingerprint density at radius 1 is 1.45 bits per heavy atom. The predicted octanol–water partition coefficient (Wildman–Crippen LogP) is 1.72. The monoisotopic (exact) mass is 299 g/mol.